The molecule has 0 aromatic heterocycles. The molecular formula is C10H20N2O2. The topological polar surface area (TPSA) is 41.6 Å². The smallest absolute Gasteiger partial charge is 0.306 e. The zero-order valence-corrected chi connectivity index (χ0v) is 9.08. The molecule has 1 heterocycles. The normalized spacial score (nSPS) is 22.6. The van der Waals surface area contributed by atoms with Gasteiger partial charge in [-0.3, -0.25) is 4.79 Å². The fourth-order valence-corrected chi connectivity index (χ4v) is 1.79. The molecule has 0 bridgehead atoms. The largest absolute Gasteiger partial charge is 0.469 e. The van der Waals surface area contributed by atoms with E-state index < -0.39 is 0 Å². The Labute approximate surface area is 85.6 Å². The monoisotopic (exact) mass is 200 g/mol. The van der Waals surface area contributed by atoms with Crippen LogP contribution in [0.1, 0.15) is 12.8 Å². The number of carbonyl (C=O) groups is 1. The summed E-state index contributed by atoms with van der Waals surface area (Å²) < 4.78 is 4.55. The Morgan fingerprint density at radius 1 is 1.64 bits per heavy atom. The number of likely N-dealkylation sites (tertiary alicyclic amines) is 1. The summed E-state index contributed by atoms with van der Waals surface area (Å²) in [5.74, 6) is 0.610. The molecule has 1 aliphatic heterocycles. The van der Waals surface area contributed by atoms with Gasteiger partial charge in [-0.1, -0.05) is 0 Å². The van der Waals surface area contributed by atoms with E-state index in [1.54, 1.807) is 0 Å². The van der Waals surface area contributed by atoms with Crippen LogP contribution in [0.4, 0.5) is 0 Å². The molecule has 0 saturated carbocycles. The van der Waals surface area contributed by atoms with E-state index in [2.05, 4.69) is 22.0 Å². The molecule has 1 saturated heterocycles. The predicted octanol–water partition coefficient (Wildman–Crippen LogP) is 0.0908. The molecule has 14 heavy (non-hydrogen) atoms. The van der Waals surface area contributed by atoms with Crippen molar-refractivity contribution >= 4 is 5.97 Å². The first kappa shape index (κ1) is 11.5. The van der Waals surface area contributed by atoms with Crippen LogP contribution in [0.15, 0.2) is 0 Å². The molecule has 0 amide bonds. The number of carbonyl (C=O) groups excluding carboxylic acids is 1. The zero-order valence-electron chi connectivity index (χ0n) is 9.08. The van der Waals surface area contributed by atoms with E-state index in [4.69, 9.17) is 0 Å². The molecule has 1 rings (SSSR count). The minimum absolute atomic E-state index is 0.138. The number of hydrogen-bond acceptors (Lipinski definition) is 4. The lowest BCUT2D eigenvalue weighted by atomic mass is 10.1. The maximum absolute atomic E-state index is 10.8. The van der Waals surface area contributed by atoms with Crippen LogP contribution in [0, 0.1) is 5.92 Å². The summed E-state index contributed by atoms with van der Waals surface area (Å²) in [4.78, 5) is 13.1. The van der Waals surface area contributed by atoms with Gasteiger partial charge in [0.25, 0.3) is 0 Å². The van der Waals surface area contributed by atoms with Gasteiger partial charge in [0.2, 0.25) is 0 Å². The highest BCUT2D eigenvalue weighted by Gasteiger charge is 2.18. The van der Waals surface area contributed by atoms with Gasteiger partial charge in [0, 0.05) is 13.1 Å². The second-order valence-corrected chi connectivity index (χ2v) is 3.95. The van der Waals surface area contributed by atoms with Gasteiger partial charge in [-0.05, 0) is 32.5 Å². The summed E-state index contributed by atoms with van der Waals surface area (Å²) in [5, 5.41) is 3.29. The van der Waals surface area contributed by atoms with Gasteiger partial charge in [0.15, 0.2) is 0 Å². The van der Waals surface area contributed by atoms with Crippen LogP contribution in [0.3, 0.4) is 0 Å². The van der Waals surface area contributed by atoms with Crippen LogP contribution >= 0.6 is 0 Å². The summed E-state index contributed by atoms with van der Waals surface area (Å²) >= 11 is 0. The van der Waals surface area contributed by atoms with E-state index >= 15 is 0 Å². The van der Waals surface area contributed by atoms with Crippen molar-refractivity contribution < 1.29 is 9.53 Å². The molecule has 1 aliphatic rings. The van der Waals surface area contributed by atoms with Gasteiger partial charge in [-0.25, -0.2) is 0 Å². The third kappa shape index (κ3) is 4.07. The van der Waals surface area contributed by atoms with E-state index in [1.165, 1.54) is 26.6 Å². The standard InChI is InChI=1S/C10H20N2O2/c1-12-6-4-9(8-12)7-11-5-3-10(13)14-2/h9,11H,3-8H2,1-2H3. The van der Waals surface area contributed by atoms with Crippen molar-refractivity contribution in [3.8, 4) is 0 Å². The van der Waals surface area contributed by atoms with Crippen LogP contribution in [0.25, 0.3) is 0 Å². The van der Waals surface area contributed by atoms with Gasteiger partial charge in [0.05, 0.1) is 13.5 Å². The van der Waals surface area contributed by atoms with Gasteiger partial charge in [-0.2, -0.15) is 0 Å². The van der Waals surface area contributed by atoms with Crippen LogP contribution < -0.4 is 5.32 Å². The highest BCUT2D eigenvalue weighted by Crippen LogP contribution is 2.12. The summed E-state index contributed by atoms with van der Waals surface area (Å²) in [6.07, 6.45) is 1.74. The average molecular weight is 200 g/mol. The Morgan fingerprint density at radius 3 is 3.00 bits per heavy atom. The molecule has 0 aromatic carbocycles. The number of methoxy groups -OCH3 is 1. The first-order valence-electron chi connectivity index (χ1n) is 5.18. The highest BCUT2D eigenvalue weighted by molar-refractivity contribution is 5.69. The SMILES string of the molecule is COC(=O)CCNCC1CCN(C)C1. The van der Waals surface area contributed by atoms with Gasteiger partial charge in [0.1, 0.15) is 0 Å². The van der Waals surface area contributed by atoms with Crippen LogP contribution in [-0.2, 0) is 9.53 Å². The molecule has 0 radical (unpaired) electrons. The summed E-state index contributed by atoms with van der Waals surface area (Å²) in [7, 11) is 3.57. The molecule has 1 atom stereocenters. The highest BCUT2D eigenvalue weighted by atomic mass is 16.5. The molecule has 1 fully saturated rings. The Bertz CT molecular complexity index is 185. The van der Waals surface area contributed by atoms with Crippen molar-refractivity contribution in [3.63, 3.8) is 0 Å². The van der Waals surface area contributed by atoms with Crippen molar-refractivity contribution in [1.82, 2.24) is 10.2 Å². The van der Waals surface area contributed by atoms with Crippen LogP contribution in [0.2, 0.25) is 0 Å². The molecule has 1 N–H and O–H groups in total. The Morgan fingerprint density at radius 2 is 2.43 bits per heavy atom. The fraction of sp³-hybridized carbons (Fsp3) is 0.900. The Balaban J connectivity index is 1.96. The van der Waals surface area contributed by atoms with E-state index in [0.717, 1.165) is 19.0 Å². The minimum atomic E-state index is -0.138. The number of rotatable bonds is 5. The summed E-state index contributed by atoms with van der Waals surface area (Å²) in [6, 6.07) is 0. The molecule has 0 aliphatic carbocycles. The molecular weight excluding hydrogens is 180 g/mol. The van der Waals surface area contributed by atoms with Crippen molar-refractivity contribution in [3.05, 3.63) is 0 Å². The maximum atomic E-state index is 10.8. The lowest BCUT2D eigenvalue weighted by molar-refractivity contribution is -0.140. The maximum Gasteiger partial charge on any atom is 0.306 e. The molecule has 82 valence electrons. The zero-order chi connectivity index (χ0) is 10.4. The van der Waals surface area contributed by atoms with Crippen molar-refractivity contribution in [1.29, 1.82) is 0 Å². The lowest BCUT2D eigenvalue weighted by Gasteiger charge is -2.10. The summed E-state index contributed by atoms with van der Waals surface area (Å²) in [5.41, 5.74) is 0. The molecule has 1 unspecified atom stereocenters. The number of esters is 1. The number of nitrogens with one attached hydrogen (secondary N) is 1. The minimum Gasteiger partial charge on any atom is -0.469 e. The first-order chi connectivity index (χ1) is 6.72. The number of ether oxygens (including phenoxy) is 1. The van der Waals surface area contributed by atoms with Crippen molar-refractivity contribution in [2.24, 2.45) is 5.92 Å². The molecule has 0 spiro atoms. The number of nitrogens with zero attached hydrogens (tertiary/aromatic N) is 1. The third-order valence-electron chi connectivity index (χ3n) is 2.66. The van der Waals surface area contributed by atoms with Gasteiger partial charge >= 0.3 is 5.97 Å². The second-order valence-electron chi connectivity index (χ2n) is 3.95. The number of hydrogen-bond donors (Lipinski definition) is 1. The predicted molar refractivity (Wildman–Crippen MR) is 55.1 cm³/mol. The molecule has 4 heteroatoms. The molecule has 0 aromatic rings. The summed E-state index contributed by atoms with van der Waals surface area (Å²) in [6.45, 7) is 4.11. The lowest BCUT2D eigenvalue weighted by Crippen LogP contribution is -2.27. The van der Waals surface area contributed by atoms with Crippen LogP contribution in [-0.4, -0.2) is 51.2 Å². The fourth-order valence-electron chi connectivity index (χ4n) is 1.79. The third-order valence-corrected chi connectivity index (χ3v) is 2.66. The Hall–Kier alpha value is -0.610. The average Bonchev–Trinajstić information content (AvgIpc) is 2.58. The van der Waals surface area contributed by atoms with Crippen molar-refractivity contribution in [2.45, 2.75) is 12.8 Å². The van der Waals surface area contributed by atoms with Gasteiger partial charge in [-0.15, -0.1) is 0 Å². The van der Waals surface area contributed by atoms with E-state index in [1.807, 2.05) is 0 Å². The Kier molecular flexibility index (Phi) is 4.90. The first-order valence-corrected chi connectivity index (χ1v) is 5.18. The second kappa shape index (κ2) is 5.98. The van der Waals surface area contributed by atoms with E-state index in [9.17, 15) is 4.79 Å². The molecule has 4 nitrogen and oxygen atoms in total. The van der Waals surface area contributed by atoms with Crippen LogP contribution in [0.5, 0.6) is 0 Å². The van der Waals surface area contributed by atoms with E-state index in [-0.39, 0.29) is 5.97 Å². The van der Waals surface area contributed by atoms with Gasteiger partial charge < -0.3 is 15.0 Å². The van der Waals surface area contributed by atoms with E-state index in [0.29, 0.717) is 6.42 Å². The quantitative estimate of drug-likeness (QED) is 0.504. The van der Waals surface area contributed by atoms with Crippen molar-refractivity contribution in [2.75, 3.05) is 40.3 Å².